The lowest BCUT2D eigenvalue weighted by molar-refractivity contribution is 0.0524. The molecular weight excluding hydrogens is 338 g/mol. The Morgan fingerprint density at radius 2 is 1.92 bits per heavy atom. The first kappa shape index (κ1) is 19.7. The molecule has 0 fully saturated rings. The van der Waals surface area contributed by atoms with E-state index in [9.17, 15) is 19.5 Å². The third-order valence-electron chi connectivity index (χ3n) is 3.72. The fourth-order valence-corrected chi connectivity index (χ4v) is 2.64. The molecule has 26 heavy (non-hydrogen) atoms. The summed E-state index contributed by atoms with van der Waals surface area (Å²) in [6, 6.07) is 3.25. The van der Waals surface area contributed by atoms with Crippen molar-refractivity contribution in [2.45, 2.75) is 34.3 Å². The molecule has 0 aliphatic heterocycles. The second kappa shape index (κ2) is 8.14. The van der Waals surface area contributed by atoms with Crippen molar-refractivity contribution in [2.24, 2.45) is 5.92 Å². The van der Waals surface area contributed by atoms with Gasteiger partial charge in [0.25, 0.3) is 0 Å². The molecule has 1 aromatic carbocycles. The molecule has 140 valence electrons. The van der Waals surface area contributed by atoms with Crippen LogP contribution in [0.25, 0.3) is 10.9 Å². The smallest absolute Gasteiger partial charge is 0.418 e. The minimum atomic E-state index is -0.808. The number of aryl methyl sites for hydroxylation is 1. The van der Waals surface area contributed by atoms with Crippen LogP contribution in [0.1, 0.15) is 42.3 Å². The van der Waals surface area contributed by atoms with E-state index >= 15 is 0 Å². The van der Waals surface area contributed by atoms with Crippen LogP contribution < -0.4 is 5.43 Å². The molecule has 0 saturated heterocycles. The Morgan fingerprint density at radius 1 is 1.23 bits per heavy atom. The van der Waals surface area contributed by atoms with E-state index in [1.165, 1.54) is 0 Å². The van der Waals surface area contributed by atoms with Crippen molar-refractivity contribution in [3.8, 4) is 0 Å². The molecule has 0 saturated carbocycles. The summed E-state index contributed by atoms with van der Waals surface area (Å²) in [6.45, 7) is 7.09. The molecular formula is C19H23NO6. The molecule has 0 spiro atoms. The van der Waals surface area contributed by atoms with Crippen LogP contribution in [0.2, 0.25) is 0 Å². The average molecular weight is 361 g/mol. The number of benzene rings is 1. The van der Waals surface area contributed by atoms with E-state index in [-0.39, 0.29) is 42.2 Å². The van der Waals surface area contributed by atoms with E-state index < -0.39 is 17.5 Å². The predicted molar refractivity (Wildman–Crippen MR) is 96.4 cm³/mol. The SMILES string of the molecule is CCOC(=O)c1cn(C(=O)OCC(C)C)c2c(CO)cc(C)cc2c1=O. The Labute approximate surface area is 151 Å². The third-order valence-corrected chi connectivity index (χ3v) is 3.72. The maximum absolute atomic E-state index is 12.8. The predicted octanol–water partition coefficient (Wildman–Crippen LogP) is 2.62. The number of aromatic nitrogens is 1. The summed E-state index contributed by atoms with van der Waals surface area (Å²) >= 11 is 0. The normalized spacial score (nSPS) is 11.0. The van der Waals surface area contributed by atoms with Gasteiger partial charge >= 0.3 is 12.1 Å². The van der Waals surface area contributed by atoms with Crippen molar-refractivity contribution in [1.82, 2.24) is 4.57 Å². The van der Waals surface area contributed by atoms with Crippen LogP contribution in [-0.4, -0.2) is 34.9 Å². The molecule has 1 heterocycles. The molecule has 0 aliphatic rings. The van der Waals surface area contributed by atoms with Crippen molar-refractivity contribution in [2.75, 3.05) is 13.2 Å². The van der Waals surface area contributed by atoms with Crippen LogP contribution in [0.15, 0.2) is 23.1 Å². The van der Waals surface area contributed by atoms with Crippen LogP contribution in [0.3, 0.4) is 0 Å². The Balaban J connectivity index is 2.78. The summed E-state index contributed by atoms with van der Waals surface area (Å²) in [6.07, 6.45) is 0.396. The fourth-order valence-electron chi connectivity index (χ4n) is 2.64. The molecule has 0 aliphatic carbocycles. The number of esters is 1. The standard InChI is InChI=1S/C19H23NO6/c1-5-25-18(23)15-8-20(19(24)26-10-11(2)3)16-13(9-21)6-12(4)7-14(16)17(15)22/h6-8,11,21H,5,9-10H2,1-4H3. The molecule has 7 nitrogen and oxygen atoms in total. The van der Waals surface area contributed by atoms with E-state index in [0.29, 0.717) is 5.56 Å². The average Bonchev–Trinajstić information content (AvgIpc) is 2.59. The molecule has 0 radical (unpaired) electrons. The van der Waals surface area contributed by atoms with E-state index in [1.807, 2.05) is 13.8 Å². The lowest BCUT2D eigenvalue weighted by Gasteiger charge is -2.16. The van der Waals surface area contributed by atoms with Gasteiger partial charge in [-0.25, -0.2) is 9.59 Å². The summed E-state index contributed by atoms with van der Waals surface area (Å²) < 4.78 is 11.3. The van der Waals surface area contributed by atoms with Gasteiger partial charge in [-0.05, 0) is 31.4 Å². The fraction of sp³-hybridized carbons (Fsp3) is 0.421. The van der Waals surface area contributed by atoms with Gasteiger partial charge in [-0.3, -0.25) is 9.36 Å². The molecule has 0 unspecified atom stereocenters. The number of rotatable bonds is 5. The van der Waals surface area contributed by atoms with E-state index in [1.54, 1.807) is 26.0 Å². The van der Waals surface area contributed by atoms with Crippen molar-refractivity contribution in [3.05, 3.63) is 45.2 Å². The highest BCUT2D eigenvalue weighted by Crippen LogP contribution is 2.21. The summed E-state index contributed by atoms with van der Waals surface area (Å²) in [5.74, 6) is -0.689. The van der Waals surface area contributed by atoms with E-state index in [2.05, 4.69) is 0 Å². The number of pyridine rings is 1. The van der Waals surface area contributed by atoms with Crippen LogP contribution >= 0.6 is 0 Å². The quantitative estimate of drug-likeness (QED) is 0.823. The molecule has 0 amide bonds. The topological polar surface area (TPSA) is 94.8 Å². The summed E-state index contributed by atoms with van der Waals surface area (Å²) in [5.41, 5.74) is 0.542. The highest BCUT2D eigenvalue weighted by molar-refractivity contribution is 5.98. The number of hydrogen-bond acceptors (Lipinski definition) is 6. The van der Waals surface area contributed by atoms with Gasteiger partial charge in [-0.15, -0.1) is 0 Å². The van der Waals surface area contributed by atoms with Gasteiger partial charge in [-0.2, -0.15) is 0 Å². The van der Waals surface area contributed by atoms with Gasteiger partial charge in [0.05, 0.1) is 25.3 Å². The van der Waals surface area contributed by atoms with E-state index in [4.69, 9.17) is 9.47 Å². The second-order valence-electron chi connectivity index (χ2n) is 6.41. The second-order valence-corrected chi connectivity index (χ2v) is 6.41. The lowest BCUT2D eigenvalue weighted by atomic mass is 10.0. The molecule has 2 aromatic rings. The number of aliphatic hydroxyl groups excluding tert-OH is 1. The highest BCUT2D eigenvalue weighted by atomic mass is 16.6. The largest absolute Gasteiger partial charge is 0.462 e. The van der Waals surface area contributed by atoms with Gasteiger partial charge in [0.2, 0.25) is 5.43 Å². The van der Waals surface area contributed by atoms with Gasteiger partial charge in [0.15, 0.2) is 0 Å². The van der Waals surface area contributed by atoms with Crippen molar-refractivity contribution in [1.29, 1.82) is 0 Å². The Bertz CT molecular complexity index is 897. The van der Waals surface area contributed by atoms with Crippen molar-refractivity contribution >= 4 is 23.0 Å². The number of hydrogen-bond donors (Lipinski definition) is 1. The Morgan fingerprint density at radius 3 is 2.50 bits per heavy atom. The Kier molecular flexibility index (Phi) is 6.15. The molecule has 2 rings (SSSR count). The highest BCUT2D eigenvalue weighted by Gasteiger charge is 2.22. The summed E-state index contributed by atoms with van der Waals surface area (Å²) in [7, 11) is 0. The molecule has 0 bridgehead atoms. The molecule has 7 heteroatoms. The number of fused-ring (bicyclic) bond motifs is 1. The number of nitrogens with zero attached hydrogens (tertiary/aromatic N) is 1. The molecule has 0 atom stereocenters. The van der Waals surface area contributed by atoms with E-state index in [0.717, 1.165) is 16.3 Å². The minimum Gasteiger partial charge on any atom is -0.462 e. The zero-order valence-corrected chi connectivity index (χ0v) is 15.4. The summed E-state index contributed by atoms with van der Waals surface area (Å²) in [5, 5.41) is 9.83. The maximum Gasteiger partial charge on any atom is 0.418 e. The van der Waals surface area contributed by atoms with Crippen LogP contribution in [0, 0.1) is 12.8 Å². The van der Waals surface area contributed by atoms with Gasteiger partial charge < -0.3 is 14.6 Å². The number of carbonyl (C=O) groups is 2. The monoisotopic (exact) mass is 361 g/mol. The molecule has 1 aromatic heterocycles. The van der Waals surface area contributed by atoms with Crippen LogP contribution in [0.4, 0.5) is 4.79 Å². The zero-order valence-electron chi connectivity index (χ0n) is 15.4. The first-order valence-electron chi connectivity index (χ1n) is 8.44. The van der Waals surface area contributed by atoms with Crippen molar-refractivity contribution < 1.29 is 24.2 Å². The van der Waals surface area contributed by atoms with Gasteiger partial charge in [-0.1, -0.05) is 19.9 Å². The number of ether oxygens (including phenoxy) is 2. The number of aliphatic hydroxyl groups is 1. The lowest BCUT2D eigenvalue weighted by Crippen LogP contribution is -2.26. The van der Waals surface area contributed by atoms with Gasteiger partial charge in [0, 0.05) is 17.1 Å². The van der Waals surface area contributed by atoms with Crippen molar-refractivity contribution in [3.63, 3.8) is 0 Å². The summed E-state index contributed by atoms with van der Waals surface area (Å²) in [4.78, 5) is 37.5. The Hall–Kier alpha value is -2.67. The van der Waals surface area contributed by atoms with Crippen LogP contribution in [0.5, 0.6) is 0 Å². The zero-order chi connectivity index (χ0) is 19.4. The molecule has 1 N–H and O–H groups in total. The number of carbonyl (C=O) groups excluding carboxylic acids is 2. The maximum atomic E-state index is 12.8. The first-order chi connectivity index (χ1) is 12.3. The first-order valence-corrected chi connectivity index (χ1v) is 8.44. The van der Waals surface area contributed by atoms with Gasteiger partial charge in [0.1, 0.15) is 5.56 Å². The third kappa shape index (κ3) is 3.94. The minimum absolute atomic E-state index is 0.101. The van der Waals surface area contributed by atoms with Crippen LogP contribution in [-0.2, 0) is 16.1 Å².